The molecule has 0 fully saturated rings. The molecule has 126 valence electrons. The first-order valence-electron chi connectivity index (χ1n) is 10.2. The number of rotatable bonds is 1. The van der Waals surface area contributed by atoms with Crippen LogP contribution in [0.4, 0.5) is 0 Å². The molecule has 0 radical (unpaired) electrons. The van der Waals surface area contributed by atoms with E-state index in [4.69, 9.17) is 4.99 Å². The fraction of sp³-hybridized carbons (Fsp3) is 0.857. The minimum atomic E-state index is 1.08. The lowest BCUT2D eigenvalue weighted by Gasteiger charge is -2.12. The van der Waals surface area contributed by atoms with Crippen molar-refractivity contribution in [1.29, 1.82) is 0 Å². The highest BCUT2D eigenvalue weighted by molar-refractivity contribution is 6.00. The molecule has 1 heteroatoms. The smallest absolute Gasteiger partial charge is 0.0392 e. The van der Waals surface area contributed by atoms with Crippen molar-refractivity contribution in [2.45, 2.75) is 109 Å². The topological polar surface area (TPSA) is 12.4 Å². The molecule has 1 nitrogen and oxygen atoms in total. The maximum Gasteiger partial charge on any atom is 0.0392 e. The van der Waals surface area contributed by atoms with Crippen molar-refractivity contribution in [3.8, 4) is 0 Å². The van der Waals surface area contributed by atoms with Gasteiger partial charge in [-0.3, -0.25) is 4.99 Å². The number of aliphatic imine (C=N–C) groups is 1. The van der Waals surface area contributed by atoms with Gasteiger partial charge in [-0.05, 0) is 50.5 Å². The van der Waals surface area contributed by atoms with Crippen LogP contribution in [0.25, 0.3) is 0 Å². The van der Waals surface area contributed by atoms with Gasteiger partial charge in [0.15, 0.2) is 0 Å². The first-order valence-corrected chi connectivity index (χ1v) is 10.2. The van der Waals surface area contributed by atoms with Gasteiger partial charge in [0.1, 0.15) is 0 Å². The molecule has 0 aromatic rings. The molecule has 2 rings (SSSR count). The third kappa shape index (κ3) is 7.61. The van der Waals surface area contributed by atoms with Gasteiger partial charge in [-0.25, -0.2) is 0 Å². The van der Waals surface area contributed by atoms with Gasteiger partial charge in [0.05, 0.1) is 0 Å². The van der Waals surface area contributed by atoms with Crippen LogP contribution < -0.4 is 0 Å². The summed E-state index contributed by atoms with van der Waals surface area (Å²) in [6, 6.07) is 0. The molecule has 0 spiro atoms. The van der Waals surface area contributed by atoms with E-state index in [2.05, 4.69) is 6.08 Å². The van der Waals surface area contributed by atoms with Gasteiger partial charge in [0, 0.05) is 12.3 Å². The van der Waals surface area contributed by atoms with Gasteiger partial charge < -0.3 is 0 Å². The Bertz CT molecular complexity index is 306. The van der Waals surface area contributed by atoms with Gasteiger partial charge in [0.2, 0.25) is 0 Å². The van der Waals surface area contributed by atoms with E-state index in [0.29, 0.717) is 0 Å². The first-order chi connectivity index (χ1) is 11.0. The monoisotopic (exact) mass is 303 g/mol. The lowest BCUT2D eigenvalue weighted by molar-refractivity contribution is 0.588. The van der Waals surface area contributed by atoms with Crippen molar-refractivity contribution in [1.82, 2.24) is 0 Å². The lowest BCUT2D eigenvalue weighted by Crippen LogP contribution is -2.05. The molecule has 0 aromatic heterocycles. The van der Waals surface area contributed by atoms with Gasteiger partial charge in [-0.15, -0.1) is 0 Å². The van der Waals surface area contributed by atoms with Crippen LogP contribution in [0.1, 0.15) is 109 Å². The highest BCUT2D eigenvalue weighted by Crippen LogP contribution is 2.21. The average molecular weight is 304 g/mol. The van der Waals surface area contributed by atoms with Gasteiger partial charge in [0.25, 0.3) is 0 Å². The molecule has 1 heterocycles. The maximum absolute atomic E-state index is 5.05. The third-order valence-corrected chi connectivity index (χ3v) is 5.29. The van der Waals surface area contributed by atoms with Crippen LogP contribution in [-0.4, -0.2) is 12.3 Å². The Hall–Kier alpha value is -0.590. The van der Waals surface area contributed by atoms with E-state index in [-0.39, 0.29) is 0 Å². The molecule has 0 saturated heterocycles. The highest BCUT2D eigenvalue weighted by atomic mass is 14.7. The summed E-state index contributed by atoms with van der Waals surface area (Å²) in [5, 5.41) is 0. The molecule has 0 bridgehead atoms. The summed E-state index contributed by atoms with van der Waals surface area (Å²) < 4.78 is 0. The minimum absolute atomic E-state index is 1.08. The molecular formula is C21H37N. The van der Waals surface area contributed by atoms with E-state index >= 15 is 0 Å². The minimum Gasteiger partial charge on any atom is -0.289 e. The van der Waals surface area contributed by atoms with Crippen molar-refractivity contribution in [3.63, 3.8) is 0 Å². The molecular weight excluding hydrogens is 266 g/mol. The van der Waals surface area contributed by atoms with E-state index in [9.17, 15) is 0 Å². The summed E-state index contributed by atoms with van der Waals surface area (Å²) in [7, 11) is 0. The van der Waals surface area contributed by atoms with Crippen molar-refractivity contribution in [2.24, 2.45) is 4.99 Å². The van der Waals surface area contributed by atoms with Gasteiger partial charge in [-0.2, -0.15) is 0 Å². The summed E-state index contributed by atoms with van der Waals surface area (Å²) in [6.07, 6.45) is 26.1. The Kier molecular flexibility index (Phi) is 9.61. The van der Waals surface area contributed by atoms with Crippen molar-refractivity contribution >= 4 is 5.71 Å². The average Bonchev–Trinajstić information content (AvgIpc) is 2.64. The van der Waals surface area contributed by atoms with E-state index in [0.717, 1.165) is 6.54 Å². The molecule has 1 aliphatic carbocycles. The second-order valence-corrected chi connectivity index (χ2v) is 7.30. The molecule has 0 aromatic carbocycles. The van der Waals surface area contributed by atoms with Crippen molar-refractivity contribution < 1.29 is 0 Å². The second kappa shape index (κ2) is 11.9. The summed E-state index contributed by atoms with van der Waals surface area (Å²) in [5.74, 6) is 0. The van der Waals surface area contributed by atoms with E-state index < -0.39 is 0 Å². The Morgan fingerprint density at radius 2 is 1.09 bits per heavy atom. The molecule has 0 saturated carbocycles. The molecule has 22 heavy (non-hydrogen) atoms. The number of allylic oxidation sites excluding steroid dienone is 2. The Morgan fingerprint density at radius 1 is 0.545 bits per heavy atom. The third-order valence-electron chi connectivity index (χ3n) is 5.29. The zero-order valence-electron chi connectivity index (χ0n) is 14.8. The first kappa shape index (κ1) is 17.8. The molecule has 0 amide bonds. The predicted octanol–water partition coefficient (Wildman–Crippen LogP) is 7.01. The number of nitrogens with zero attached hydrogens (tertiary/aromatic N) is 1. The summed E-state index contributed by atoms with van der Waals surface area (Å²) in [4.78, 5) is 5.05. The lowest BCUT2D eigenvalue weighted by atomic mass is 9.97. The van der Waals surface area contributed by atoms with Crippen LogP contribution in [0.15, 0.2) is 16.6 Å². The summed E-state index contributed by atoms with van der Waals surface area (Å²) >= 11 is 0. The summed E-state index contributed by atoms with van der Waals surface area (Å²) in [5.41, 5.74) is 3.11. The van der Waals surface area contributed by atoms with Gasteiger partial charge >= 0.3 is 0 Å². The van der Waals surface area contributed by atoms with Gasteiger partial charge in [-0.1, -0.05) is 70.3 Å². The Balaban J connectivity index is 1.97. The molecule has 0 N–H and O–H groups in total. The van der Waals surface area contributed by atoms with Crippen LogP contribution in [0, 0.1) is 0 Å². The zero-order chi connectivity index (χ0) is 15.3. The van der Waals surface area contributed by atoms with Crippen LogP contribution in [0.5, 0.6) is 0 Å². The highest BCUT2D eigenvalue weighted by Gasteiger charge is 2.09. The SMILES string of the molecule is C1=C(/C2=N/CCCCCCCCC2)CCCCCCCCC/1. The largest absolute Gasteiger partial charge is 0.289 e. The quantitative estimate of drug-likeness (QED) is 0.494. The van der Waals surface area contributed by atoms with E-state index in [1.54, 1.807) is 5.57 Å². The summed E-state index contributed by atoms with van der Waals surface area (Å²) in [6.45, 7) is 1.08. The zero-order valence-corrected chi connectivity index (χ0v) is 14.8. The fourth-order valence-electron chi connectivity index (χ4n) is 3.83. The number of hydrogen-bond donors (Lipinski definition) is 0. The number of hydrogen-bond acceptors (Lipinski definition) is 1. The second-order valence-electron chi connectivity index (χ2n) is 7.30. The van der Waals surface area contributed by atoms with E-state index in [1.807, 2.05) is 0 Å². The Labute approximate surface area is 138 Å². The Morgan fingerprint density at radius 3 is 1.82 bits per heavy atom. The van der Waals surface area contributed by atoms with Crippen LogP contribution in [0.3, 0.4) is 0 Å². The normalized spacial score (nSPS) is 29.1. The predicted molar refractivity (Wildman–Crippen MR) is 98.9 cm³/mol. The standard InChI is InChI=1S/C21H37N/c1-2-5-9-13-17-20(16-12-8-4-1)21-18-14-10-6-3-7-11-15-19-22-21/h16H,1-15,17-19H2/b20-16+,22-21+. The molecule has 0 atom stereocenters. The molecule has 2 aliphatic rings. The maximum atomic E-state index is 5.05. The van der Waals surface area contributed by atoms with Crippen LogP contribution in [-0.2, 0) is 0 Å². The van der Waals surface area contributed by atoms with Crippen molar-refractivity contribution in [2.75, 3.05) is 6.54 Å². The molecule has 1 aliphatic heterocycles. The molecule has 0 unspecified atom stereocenters. The van der Waals surface area contributed by atoms with Crippen LogP contribution >= 0.6 is 0 Å². The fourth-order valence-corrected chi connectivity index (χ4v) is 3.83. The van der Waals surface area contributed by atoms with E-state index in [1.165, 1.54) is 115 Å². The van der Waals surface area contributed by atoms with Crippen LogP contribution in [0.2, 0.25) is 0 Å². The van der Waals surface area contributed by atoms with Crippen molar-refractivity contribution in [3.05, 3.63) is 11.6 Å².